The number of nitrogens with zero attached hydrogens (tertiary/aromatic N) is 1. The van der Waals surface area contributed by atoms with E-state index >= 15 is 0 Å². The van der Waals surface area contributed by atoms with E-state index in [2.05, 4.69) is 14.4 Å². The Hall–Kier alpha value is -2.15. The van der Waals surface area contributed by atoms with E-state index in [-0.39, 0.29) is 23.3 Å². The van der Waals surface area contributed by atoms with Crippen LogP contribution in [0.15, 0.2) is 41.1 Å². The van der Waals surface area contributed by atoms with Gasteiger partial charge >= 0.3 is 0 Å². The molecule has 1 aliphatic carbocycles. The monoisotopic (exact) mass is 320 g/mol. The second-order valence-electron chi connectivity index (χ2n) is 5.52. The summed E-state index contributed by atoms with van der Waals surface area (Å²) in [5.41, 5.74) is 2.50. The summed E-state index contributed by atoms with van der Waals surface area (Å²) in [5, 5.41) is 3.54. The van der Waals surface area contributed by atoms with Gasteiger partial charge in [-0.3, -0.25) is 9.52 Å². The van der Waals surface area contributed by atoms with Gasteiger partial charge in [0.05, 0.1) is 0 Å². The maximum Gasteiger partial charge on any atom is 0.240 e. The number of aromatic nitrogens is 1. The summed E-state index contributed by atoms with van der Waals surface area (Å²) >= 11 is 0. The van der Waals surface area contributed by atoms with Gasteiger partial charge in [-0.2, -0.15) is 0 Å². The minimum atomic E-state index is -3.75. The molecule has 1 aromatic carbocycles. The third-order valence-electron chi connectivity index (χ3n) is 3.80. The lowest BCUT2D eigenvalue weighted by Gasteiger charge is -2.06. The molecule has 0 bridgehead atoms. The fraction of sp³-hybridized carbons (Fsp3) is 0.333. The lowest BCUT2D eigenvalue weighted by Crippen LogP contribution is -2.33. The number of nitrogens with one attached hydrogen (secondary N) is 1. The maximum absolute atomic E-state index is 12.1. The molecule has 1 heterocycles. The Kier molecular flexibility index (Phi) is 3.74. The lowest BCUT2D eigenvalue weighted by atomic mass is 10.0. The molecular formula is C15H16N2O4S. The molecule has 1 aromatic heterocycles. The van der Waals surface area contributed by atoms with Crippen molar-refractivity contribution in [2.45, 2.75) is 25.0 Å². The average molecular weight is 320 g/mol. The zero-order chi connectivity index (χ0) is 15.7. The summed E-state index contributed by atoms with van der Waals surface area (Å²) in [7, 11) is -3.75. The van der Waals surface area contributed by atoms with Crippen LogP contribution >= 0.6 is 0 Å². The predicted octanol–water partition coefficient (Wildman–Crippen LogP) is 1.73. The van der Waals surface area contributed by atoms with Gasteiger partial charge < -0.3 is 4.52 Å². The Bertz CT molecular complexity index is 784. The van der Waals surface area contributed by atoms with Crippen LogP contribution in [0.2, 0.25) is 0 Å². The third kappa shape index (κ3) is 3.19. The van der Waals surface area contributed by atoms with Crippen LogP contribution in [-0.4, -0.2) is 19.5 Å². The molecule has 116 valence electrons. The molecule has 1 amide bonds. The summed E-state index contributed by atoms with van der Waals surface area (Å²) in [5.74, 6) is -0.995. The minimum absolute atomic E-state index is 0.100. The first kappa shape index (κ1) is 14.8. The van der Waals surface area contributed by atoms with Crippen molar-refractivity contribution in [3.63, 3.8) is 0 Å². The molecular weight excluding hydrogens is 304 g/mol. The van der Waals surface area contributed by atoms with E-state index in [4.69, 9.17) is 0 Å². The SMILES string of the molecule is Cc1ccccc1C1CC1C(=O)NS(=O)(=O)Cc1ccon1. The van der Waals surface area contributed by atoms with Crippen molar-refractivity contribution in [2.24, 2.45) is 5.92 Å². The number of rotatable bonds is 5. The fourth-order valence-electron chi connectivity index (χ4n) is 2.60. The first-order chi connectivity index (χ1) is 10.5. The zero-order valence-corrected chi connectivity index (χ0v) is 12.8. The lowest BCUT2D eigenvalue weighted by molar-refractivity contribution is -0.120. The molecule has 1 fully saturated rings. The van der Waals surface area contributed by atoms with Crippen molar-refractivity contribution < 1.29 is 17.7 Å². The second kappa shape index (κ2) is 5.57. The first-order valence-corrected chi connectivity index (χ1v) is 8.60. The van der Waals surface area contributed by atoms with Gasteiger partial charge in [-0.05, 0) is 30.4 Å². The maximum atomic E-state index is 12.1. The smallest absolute Gasteiger partial charge is 0.240 e. The molecule has 0 spiro atoms. The molecule has 2 unspecified atom stereocenters. The second-order valence-corrected chi connectivity index (χ2v) is 7.24. The molecule has 1 saturated carbocycles. The molecule has 0 aliphatic heterocycles. The number of hydrogen-bond acceptors (Lipinski definition) is 5. The molecule has 1 N–H and O–H groups in total. The summed E-state index contributed by atoms with van der Waals surface area (Å²) in [6.45, 7) is 1.99. The van der Waals surface area contributed by atoms with Crippen molar-refractivity contribution >= 4 is 15.9 Å². The standard InChI is InChI=1S/C15H16N2O4S/c1-10-4-2-3-5-12(10)13-8-14(13)15(18)17-22(19,20)9-11-6-7-21-16-11/h2-7,13-14H,8-9H2,1H3,(H,17,18). The van der Waals surface area contributed by atoms with E-state index in [1.54, 1.807) is 0 Å². The van der Waals surface area contributed by atoms with Crippen molar-refractivity contribution in [3.8, 4) is 0 Å². The average Bonchev–Trinajstić information content (AvgIpc) is 3.09. The molecule has 6 nitrogen and oxygen atoms in total. The molecule has 2 atom stereocenters. The van der Waals surface area contributed by atoms with E-state index in [0.717, 1.165) is 11.1 Å². The highest BCUT2D eigenvalue weighted by atomic mass is 32.2. The first-order valence-electron chi connectivity index (χ1n) is 6.95. The van der Waals surface area contributed by atoms with E-state index in [0.29, 0.717) is 6.42 Å². The number of carbonyl (C=O) groups is 1. The summed E-state index contributed by atoms with van der Waals surface area (Å²) < 4.78 is 30.6. The van der Waals surface area contributed by atoms with Gasteiger partial charge in [0, 0.05) is 12.0 Å². The summed E-state index contributed by atoms with van der Waals surface area (Å²) in [4.78, 5) is 12.1. The Morgan fingerprint density at radius 1 is 1.36 bits per heavy atom. The number of benzene rings is 1. The predicted molar refractivity (Wildman–Crippen MR) is 79.3 cm³/mol. The van der Waals surface area contributed by atoms with Crippen LogP contribution in [0, 0.1) is 12.8 Å². The highest BCUT2D eigenvalue weighted by molar-refractivity contribution is 7.89. The Morgan fingerprint density at radius 3 is 2.82 bits per heavy atom. The molecule has 7 heteroatoms. The number of sulfonamides is 1. The molecule has 0 radical (unpaired) electrons. The van der Waals surface area contributed by atoms with E-state index in [1.807, 2.05) is 31.2 Å². The van der Waals surface area contributed by atoms with E-state index in [9.17, 15) is 13.2 Å². The topological polar surface area (TPSA) is 89.3 Å². The van der Waals surface area contributed by atoms with E-state index in [1.165, 1.54) is 12.3 Å². The van der Waals surface area contributed by atoms with Gasteiger partial charge in [0.1, 0.15) is 17.7 Å². The highest BCUT2D eigenvalue weighted by Gasteiger charge is 2.45. The van der Waals surface area contributed by atoms with Gasteiger partial charge in [0.25, 0.3) is 0 Å². The molecule has 2 aromatic rings. The third-order valence-corrected chi connectivity index (χ3v) is 4.99. The van der Waals surface area contributed by atoms with Crippen molar-refractivity contribution in [2.75, 3.05) is 0 Å². The van der Waals surface area contributed by atoms with E-state index < -0.39 is 15.9 Å². The number of amides is 1. The molecule has 3 rings (SSSR count). The van der Waals surface area contributed by atoms with Crippen LogP contribution in [0.25, 0.3) is 0 Å². The molecule has 22 heavy (non-hydrogen) atoms. The minimum Gasteiger partial charge on any atom is -0.364 e. The Morgan fingerprint density at radius 2 is 2.14 bits per heavy atom. The number of hydrogen-bond donors (Lipinski definition) is 1. The zero-order valence-electron chi connectivity index (χ0n) is 12.0. The normalized spacial score (nSPS) is 20.6. The van der Waals surface area contributed by atoms with Gasteiger partial charge in [-0.15, -0.1) is 0 Å². The van der Waals surface area contributed by atoms with Crippen LogP contribution in [-0.2, 0) is 20.6 Å². The summed E-state index contributed by atoms with van der Waals surface area (Å²) in [6, 6.07) is 9.30. The van der Waals surface area contributed by atoms with Crippen LogP contribution in [0.3, 0.4) is 0 Å². The van der Waals surface area contributed by atoms with Crippen LogP contribution in [0.4, 0.5) is 0 Å². The van der Waals surface area contributed by atoms with Gasteiger partial charge in [-0.25, -0.2) is 8.42 Å². The Balaban J connectivity index is 1.63. The summed E-state index contributed by atoms with van der Waals surface area (Å²) in [6.07, 6.45) is 1.97. The highest BCUT2D eigenvalue weighted by Crippen LogP contribution is 2.48. The molecule has 1 aliphatic rings. The largest absolute Gasteiger partial charge is 0.364 e. The molecule has 0 saturated heterocycles. The van der Waals surface area contributed by atoms with Crippen LogP contribution in [0.1, 0.15) is 29.2 Å². The van der Waals surface area contributed by atoms with Crippen molar-refractivity contribution in [1.82, 2.24) is 9.88 Å². The quantitative estimate of drug-likeness (QED) is 0.906. The fourth-order valence-corrected chi connectivity index (χ4v) is 3.67. The van der Waals surface area contributed by atoms with Gasteiger partial charge in [0.15, 0.2) is 0 Å². The van der Waals surface area contributed by atoms with Gasteiger partial charge in [-0.1, -0.05) is 29.4 Å². The van der Waals surface area contributed by atoms with Crippen LogP contribution in [0.5, 0.6) is 0 Å². The van der Waals surface area contributed by atoms with Gasteiger partial charge in [0.2, 0.25) is 15.9 Å². The number of aryl methyl sites for hydroxylation is 1. The van der Waals surface area contributed by atoms with Crippen LogP contribution < -0.4 is 4.72 Å². The van der Waals surface area contributed by atoms with Crippen molar-refractivity contribution in [1.29, 1.82) is 0 Å². The van der Waals surface area contributed by atoms with Crippen molar-refractivity contribution in [3.05, 3.63) is 53.4 Å². The number of carbonyl (C=O) groups excluding carboxylic acids is 1. The Labute approximate surface area is 128 Å².